The number of thiophene rings is 1. The summed E-state index contributed by atoms with van der Waals surface area (Å²) in [5.41, 5.74) is 2.59. The third-order valence-electron chi connectivity index (χ3n) is 3.01. The lowest BCUT2D eigenvalue weighted by Gasteiger charge is -2.19. The van der Waals surface area contributed by atoms with E-state index in [0.717, 1.165) is 21.8 Å². The first-order chi connectivity index (χ1) is 9.10. The van der Waals surface area contributed by atoms with Crippen LogP contribution in [0.1, 0.15) is 29.0 Å². The van der Waals surface area contributed by atoms with Gasteiger partial charge in [0, 0.05) is 21.8 Å². The minimum atomic E-state index is 0.314. The molecule has 0 aliphatic rings. The van der Waals surface area contributed by atoms with Crippen LogP contribution in [0.4, 0.5) is 0 Å². The zero-order valence-corrected chi connectivity index (χ0v) is 14.2. The fourth-order valence-corrected chi connectivity index (χ4v) is 3.79. The molecule has 1 nitrogen and oxygen atoms in total. The summed E-state index contributed by atoms with van der Waals surface area (Å²) in [5, 5.41) is 3.56. The summed E-state index contributed by atoms with van der Waals surface area (Å²) in [6.45, 7) is 5.21. The molecule has 1 N–H and O–H groups in total. The van der Waals surface area contributed by atoms with Gasteiger partial charge in [-0.1, -0.05) is 52.2 Å². The van der Waals surface area contributed by atoms with Crippen LogP contribution in [0, 0.1) is 6.92 Å². The molecule has 0 aliphatic carbocycles. The molecular formula is C15H17BrClNS. The zero-order chi connectivity index (χ0) is 13.8. The highest BCUT2D eigenvalue weighted by Crippen LogP contribution is 2.30. The van der Waals surface area contributed by atoms with Gasteiger partial charge in [0.1, 0.15) is 0 Å². The Kier molecular flexibility index (Phi) is 5.46. The van der Waals surface area contributed by atoms with E-state index in [1.807, 2.05) is 6.07 Å². The van der Waals surface area contributed by atoms with Gasteiger partial charge in [-0.05, 0) is 37.2 Å². The van der Waals surface area contributed by atoms with Crippen LogP contribution in [0.3, 0.4) is 0 Å². The quantitative estimate of drug-likeness (QED) is 0.758. The van der Waals surface area contributed by atoms with E-state index in [9.17, 15) is 0 Å². The fourth-order valence-electron chi connectivity index (χ4n) is 2.13. The number of hydrogen-bond acceptors (Lipinski definition) is 2. The molecule has 2 aromatic rings. The summed E-state index contributed by atoms with van der Waals surface area (Å²) >= 11 is 11.3. The van der Waals surface area contributed by atoms with E-state index < -0.39 is 0 Å². The van der Waals surface area contributed by atoms with Gasteiger partial charge in [0.25, 0.3) is 0 Å². The van der Waals surface area contributed by atoms with Gasteiger partial charge in [-0.2, -0.15) is 0 Å². The van der Waals surface area contributed by atoms with Crippen LogP contribution in [0.25, 0.3) is 0 Å². The van der Waals surface area contributed by atoms with Gasteiger partial charge < -0.3 is 5.32 Å². The standard InChI is InChI=1S/C15H17BrClNS/c1-3-18-14(9-11-5-7-15(17)19-11)12-8-10(2)4-6-13(12)16/h4-8,14,18H,3,9H2,1-2H3. The summed E-state index contributed by atoms with van der Waals surface area (Å²) in [4.78, 5) is 1.31. The molecule has 0 fully saturated rings. The average Bonchev–Trinajstić information content (AvgIpc) is 2.77. The van der Waals surface area contributed by atoms with Crippen LogP contribution >= 0.6 is 38.9 Å². The van der Waals surface area contributed by atoms with Crippen LogP contribution < -0.4 is 5.32 Å². The number of aryl methyl sites for hydroxylation is 1. The summed E-state index contributed by atoms with van der Waals surface area (Å²) in [7, 11) is 0. The number of benzene rings is 1. The van der Waals surface area contributed by atoms with E-state index in [1.165, 1.54) is 16.0 Å². The van der Waals surface area contributed by atoms with Crippen molar-refractivity contribution in [2.45, 2.75) is 26.3 Å². The fraction of sp³-hybridized carbons (Fsp3) is 0.333. The summed E-state index contributed by atoms with van der Waals surface area (Å²) in [5.74, 6) is 0. The number of nitrogens with one attached hydrogen (secondary N) is 1. The molecule has 4 heteroatoms. The largest absolute Gasteiger partial charge is 0.310 e. The van der Waals surface area contributed by atoms with E-state index in [-0.39, 0.29) is 0 Å². The first-order valence-electron chi connectivity index (χ1n) is 6.33. The maximum Gasteiger partial charge on any atom is 0.0931 e. The van der Waals surface area contributed by atoms with Gasteiger partial charge in [0.15, 0.2) is 0 Å². The summed E-state index contributed by atoms with van der Waals surface area (Å²) in [6, 6.07) is 10.9. The minimum absolute atomic E-state index is 0.314. The topological polar surface area (TPSA) is 12.0 Å². The molecule has 1 aromatic heterocycles. The molecule has 0 radical (unpaired) electrons. The third kappa shape index (κ3) is 4.06. The second kappa shape index (κ2) is 6.89. The average molecular weight is 359 g/mol. The number of hydrogen-bond donors (Lipinski definition) is 1. The van der Waals surface area contributed by atoms with Gasteiger partial charge in [0.2, 0.25) is 0 Å². The van der Waals surface area contributed by atoms with Crippen molar-refractivity contribution in [2.75, 3.05) is 6.54 Å². The number of halogens is 2. The van der Waals surface area contributed by atoms with Gasteiger partial charge in [-0.15, -0.1) is 11.3 Å². The molecule has 102 valence electrons. The molecular weight excluding hydrogens is 342 g/mol. The monoisotopic (exact) mass is 357 g/mol. The summed E-state index contributed by atoms with van der Waals surface area (Å²) in [6.07, 6.45) is 0.966. The lowest BCUT2D eigenvalue weighted by molar-refractivity contribution is 0.551. The molecule has 0 saturated heterocycles. The van der Waals surface area contributed by atoms with E-state index >= 15 is 0 Å². The van der Waals surface area contributed by atoms with Crippen LogP contribution in [-0.2, 0) is 6.42 Å². The SMILES string of the molecule is CCNC(Cc1ccc(Cl)s1)c1cc(C)ccc1Br. The highest BCUT2D eigenvalue weighted by molar-refractivity contribution is 9.10. The maximum atomic E-state index is 6.01. The molecule has 0 amide bonds. The van der Waals surface area contributed by atoms with Crippen molar-refractivity contribution in [3.05, 3.63) is 55.1 Å². The van der Waals surface area contributed by atoms with Gasteiger partial charge in [-0.25, -0.2) is 0 Å². The highest BCUT2D eigenvalue weighted by atomic mass is 79.9. The first kappa shape index (κ1) is 15.0. The van der Waals surface area contributed by atoms with Gasteiger partial charge in [0.05, 0.1) is 4.34 Å². The van der Waals surface area contributed by atoms with Crippen LogP contribution in [0.5, 0.6) is 0 Å². The van der Waals surface area contributed by atoms with E-state index in [1.54, 1.807) is 11.3 Å². The second-order valence-corrected chi connectivity index (χ2v) is 7.20. The Bertz CT molecular complexity index is 553. The lowest BCUT2D eigenvalue weighted by Crippen LogP contribution is -2.23. The molecule has 1 unspecified atom stereocenters. The van der Waals surface area contributed by atoms with Crippen LogP contribution in [-0.4, -0.2) is 6.54 Å². The second-order valence-electron chi connectivity index (χ2n) is 4.55. The molecule has 0 saturated carbocycles. The number of rotatable bonds is 5. The third-order valence-corrected chi connectivity index (χ3v) is 4.99. The van der Waals surface area contributed by atoms with Crippen LogP contribution in [0.15, 0.2) is 34.8 Å². The van der Waals surface area contributed by atoms with Crippen molar-refractivity contribution in [1.82, 2.24) is 5.32 Å². The molecule has 1 atom stereocenters. The highest BCUT2D eigenvalue weighted by Gasteiger charge is 2.15. The Labute approximate surface area is 132 Å². The molecule has 19 heavy (non-hydrogen) atoms. The Morgan fingerprint density at radius 3 is 2.74 bits per heavy atom. The molecule has 0 bridgehead atoms. The van der Waals surface area contributed by atoms with Crippen molar-refractivity contribution >= 4 is 38.9 Å². The van der Waals surface area contributed by atoms with E-state index in [4.69, 9.17) is 11.6 Å². The Morgan fingerprint density at radius 1 is 1.32 bits per heavy atom. The lowest BCUT2D eigenvalue weighted by atomic mass is 10.0. The smallest absolute Gasteiger partial charge is 0.0931 e. The zero-order valence-electron chi connectivity index (χ0n) is 11.0. The molecule has 0 spiro atoms. The molecule has 0 aliphatic heterocycles. The Hall–Kier alpha value is -0.350. The predicted molar refractivity (Wildman–Crippen MR) is 88.3 cm³/mol. The molecule has 1 aromatic carbocycles. The van der Waals surface area contributed by atoms with Crippen LogP contribution in [0.2, 0.25) is 4.34 Å². The van der Waals surface area contributed by atoms with Crippen molar-refractivity contribution in [3.63, 3.8) is 0 Å². The van der Waals surface area contributed by atoms with Crippen molar-refractivity contribution in [2.24, 2.45) is 0 Å². The Balaban J connectivity index is 2.26. The van der Waals surface area contributed by atoms with Crippen molar-refractivity contribution in [3.8, 4) is 0 Å². The normalized spacial score (nSPS) is 12.6. The van der Waals surface area contributed by atoms with Gasteiger partial charge in [-0.3, -0.25) is 0 Å². The maximum absolute atomic E-state index is 6.01. The predicted octanol–water partition coefficient (Wildman–Crippen LogP) is 5.37. The molecule has 2 rings (SSSR count). The van der Waals surface area contributed by atoms with E-state index in [0.29, 0.717) is 6.04 Å². The van der Waals surface area contributed by atoms with Gasteiger partial charge >= 0.3 is 0 Å². The van der Waals surface area contributed by atoms with Crippen molar-refractivity contribution in [1.29, 1.82) is 0 Å². The summed E-state index contributed by atoms with van der Waals surface area (Å²) < 4.78 is 2.01. The number of likely N-dealkylation sites (N-methyl/N-ethyl adjacent to an activating group) is 1. The molecule has 1 heterocycles. The Morgan fingerprint density at radius 2 is 2.11 bits per heavy atom. The first-order valence-corrected chi connectivity index (χ1v) is 8.32. The minimum Gasteiger partial charge on any atom is -0.310 e. The van der Waals surface area contributed by atoms with E-state index in [2.05, 4.69) is 59.4 Å². The van der Waals surface area contributed by atoms with Crippen molar-refractivity contribution < 1.29 is 0 Å².